The van der Waals surface area contributed by atoms with Gasteiger partial charge < -0.3 is 4.90 Å². The van der Waals surface area contributed by atoms with Crippen molar-refractivity contribution in [3.8, 4) is 0 Å². The Morgan fingerprint density at radius 2 is 1.70 bits per heavy atom. The molecule has 0 unspecified atom stereocenters. The number of carbonyl (C=O) groups is 1. The lowest BCUT2D eigenvalue weighted by molar-refractivity contribution is 0.0694. The summed E-state index contributed by atoms with van der Waals surface area (Å²) >= 11 is 6.09. The fourth-order valence-electron chi connectivity index (χ4n) is 3.84. The number of benzene rings is 3. The Kier molecular flexibility index (Phi) is 5.00. The summed E-state index contributed by atoms with van der Waals surface area (Å²) in [5.41, 5.74) is 5.58. The molecule has 27 heavy (non-hydrogen) atoms. The summed E-state index contributed by atoms with van der Waals surface area (Å²) in [5.74, 6) is 0.0760. The van der Waals surface area contributed by atoms with Crippen molar-refractivity contribution < 1.29 is 4.79 Å². The predicted molar refractivity (Wildman–Crippen MR) is 110 cm³/mol. The van der Waals surface area contributed by atoms with Crippen LogP contribution >= 0.6 is 11.6 Å². The molecule has 1 amide bonds. The molecule has 136 valence electrons. The first-order chi connectivity index (χ1) is 13.2. The SMILES string of the molecule is CCc1ccc(C(=O)N2CCc3ccccc3[C@@H]2c2ccc(Cl)cc2)cc1. The zero-order valence-electron chi connectivity index (χ0n) is 15.4. The molecule has 0 spiro atoms. The highest BCUT2D eigenvalue weighted by Gasteiger charge is 2.32. The molecule has 1 aliphatic heterocycles. The lowest BCUT2D eigenvalue weighted by Crippen LogP contribution is -2.40. The number of hydrogen-bond acceptors (Lipinski definition) is 1. The summed E-state index contributed by atoms with van der Waals surface area (Å²) in [7, 11) is 0. The molecule has 4 rings (SSSR count). The standard InChI is InChI=1S/C24H22ClNO/c1-2-17-7-9-20(10-8-17)24(27)26-16-15-18-5-3-4-6-22(18)23(26)19-11-13-21(25)14-12-19/h3-14,23H,2,15-16H2,1H3/t23-/m0/s1. The van der Waals surface area contributed by atoms with Crippen LogP contribution in [0.25, 0.3) is 0 Å². The molecule has 0 bridgehead atoms. The maximum atomic E-state index is 13.4. The maximum Gasteiger partial charge on any atom is 0.254 e. The minimum atomic E-state index is -0.0921. The van der Waals surface area contributed by atoms with E-state index in [2.05, 4.69) is 25.1 Å². The number of carbonyl (C=O) groups excluding carboxylic acids is 1. The predicted octanol–water partition coefficient (Wildman–Crippen LogP) is 5.69. The van der Waals surface area contributed by atoms with E-state index in [0.29, 0.717) is 11.6 Å². The van der Waals surface area contributed by atoms with Gasteiger partial charge in [0, 0.05) is 17.1 Å². The van der Waals surface area contributed by atoms with Gasteiger partial charge in [0.25, 0.3) is 5.91 Å². The lowest BCUT2D eigenvalue weighted by Gasteiger charge is -2.38. The zero-order valence-corrected chi connectivity index (χ0v) is 16.1. The second kappa shape index (κ2) is 7.58. The second-order valence-corrected chi connectivity index (χ2v) is 7.39. The van der Waals surface area contributed by atoms with E-state index in [1.54, 1.807) is 0 Å². The molecule has 0 aromatic heterocycles. The van der Waals surface area contributed by atoms with E-state index in [9.17, 15) is 4.79 Å². The van der Waals surface area contributed by atoms with Crippen LogP contribution in [0.5, 0.6) is 0 Å². The number of amides is 1. The van der Waals surface area contributed by atoms with Crippen LogP contribution in [0.2, 0.25) is 5.02 Å². The normalized spacial score (nSPS) is 16.1. The number of hydrogen-bond donors (Lipinski definition) is 0. The van der Waals surface area contributed by atoms with Crippen LogP contribution in [0.3, 0.4) is 0 Å². The summed E-state index contributed by atoms with van der Waals surface area (Å²) in [5, 5.41) is 0.705. The molecule has 3 heteroatoms. The Balaban J connectivity index is 1.75. The van der Waals surface area contributed by atoms with Gasteiger partial charge in [-0.3, -0.25) is 4.79 Å². The van der Waals surface area contributed by atoms with Gasteiger partial charge in [-0.05, 0) is 59.4 Å². The highest BCUT2D eigenvalue weighted by atomic mass is 35.5. The van der Waals surface area contributed by atoms with Crippen LogP contribution in [-0.2, 0) is 12.8 Å². The Hall–Kier alpha value is -2.58. The highest BCUT2D eigenvalue weighted by molar-refractivity contribution is 6.30. The van der Waals surface area contributed by atoms with Gasteiger partial charge in [0.15, 0.2) is 0 Å². The average molecular weight is 376 g/mol. The van der Waals surface area contributed by atoms with Crippen LogP contribution in [0.4, 0.5) is 0 Å². The van der Waals surface area contributed by atoms with E-state index in [0.717, 1.165) is 24.0 Å². The maximum absolute atomic E-state index is 13.4. The third-order valence-electron chi connectivity index (χ3n) is 5.34. The molecular formula is C24H22ClNO. The Labute approximate surface area is 165 Å². The van der Waals surface area contributed by atoms with E-state index < -0.39 is 0 Å². The molecule has 0 fully saturated rings. The molecular weight excluding hydrogens is 354 g/mol. The first-order valence-corrected chi connectivity index (χ1v) is 9.78. The fraction of sp³-hybridized carbons (Fsp3) is 0.208. The minimum Gasteiger partial charge on any atom is -0.327 e. The Morgan fingerprint density at radius 3 is 2.41 bits per heavy atom. The number of rotatable bonds is 3. The van der Waals surface area contributed by atoms with E-state index in [1.165, 1.54) is 16.7 Å². The minimum absolute atomic E-state index is 0.0760. The summed E-state index contributed by atoms with van der Waals surface area (Å²) in [6.45, 7) is 2.83. The third-order valence-corrected chi connectivity index (χ3v) is 5.59. The van der Waals surface area contributed by atoms with Gasteiger partial charge in [0.1, 0.15) is 0 Å². The molecule has 3 aromatic carbocycles. The van der Waals surface area contributed by atoms with Crippen LogP contribution < -0.4 is 0 Å². The van der Waals surface area contributed by atoms with Gasteiger partial charge in [-0.1, -0.05) is 67.1 Å². The molecule has 0 saturated carbocycles. The molecule has 0 saturated heterocycles. The first-order valence-electron chi connectivity index (χ1n) is 9.40. The number of fused-ring (bicyclic) bond motifs is 1. The van der Waals surface area contributed by atoms with Crippen LogP contribution in [0.15, 0.2) is 72.8 Å². The molecule has 0 aliphatic carbocycles. The number of nitrogens with zero attached hydrogens (tertiary/aromatic N) is 1. The zero-order chi connectivity index (χ0) is 18.8. The van der Waals surface area contributed by atoms with E-state index in [1.807, 2.05) is 59.5 Å². The van der Waals surface area contributed by atoms with Gasteiger partial charge in [0.05, 0.1) is 6.04 Å². The lowest BCUT2D eigenvalue weighted by atomic mass is 9.87. The van der Waals surface area contributed by atoms with Gasteiger partial charge in [0.2, 0.25) is 0 Å². The molecule has 1 atom stereocenters. The van der Waals surface area contributed by atoms with Gasteiger partial charge in [-0.2, -0.15) is 0 Å². The van der Waals surface area contributed by atoms with E-state index >= 15 is 0 Å². The molecule has 0 radical (unpaired) electrons. The highest BCUT2D eigenvalue weighted by Crippen LogP contribution is 2.36. The fourth-order valence-corrected chi connectivity index (χ4v) is 3.96. The second-order valence-electron chi connectivity index (χ2n) is 6.95. The van der Waals surface area contributed by atoms with Crippen LogP contribution in [0.1, 0.15) is 45.6 Å². The van der Waals surface area contributed by atoms with Gasteiger partial charge in [-0.25, -0.2) is 0 Å². The van der Waals surface area contributed by atoms with Gasteiger partial charge in [-0.15, -0.1) is 0 Å². The average Bonchev–Trinajstić information content (AvgIpc) is 2.73. The van der Waals surface area contributed by atoms with Crippen molar-refractivity contribution >= 4 is 17.5 Å². The quantitative estimate of drug-likeness (QED) is 0.575. The van der Waals surface area contributed by atoms with Crippen molar-refractivity contribution in [3.63, 3.8) is 0 Å². The molecule has 1 aliphatic rings. The summed E-state index contributed by atoms with van der Waals surface area (Å²) < 4.78 is 0. The summed E-state index contributed by atoms with van der Waals surface area (Å²) in [6.07, 6.45) is 1.85. The van der Waals surface area contributed by atoms with Crippen molar-refractivity contribution in [1.82, 2.24) is 4.90 Å². The summed E-state index contributed by atoms with van der Waals surface area (Å²) in [4.78, 5) is 15.4. The topological polar surface area (TPSA) is 20.3 Å². The van der Waals surface area contributed by atoms with Gasteiger partial charge >= 0.3 is 0 Å². The Bertz CT molecular complexity index is 947. The largest absolute Gasteiger partial charge is 0.327 e. The first kappa shape index (κ1) is 17.8. The van der Waals surface area contributed by atoms with Crippen LogP contribution in [-0.4, -0.2) is 17.4 Å². The smallest absolute Gasteiger partial charge is 0.254 e. The molecule has 1 heterocycles. The number of halogens is 1. The van der Waals surface area contributed by atoms with Crippen molar-refractivity contribution in [2.45, 2.75) is 25.8 Å². The monoisotopic (exact) mass is 375 g/mol. The molecule has 2 nitrogen and oxygen atoms in total. The Morgan fingerprint density at radius 1 is 1.00 bits per heavy atom. The van der Waals surface area contributed by atoms with Crippen LogP contribution in [0, 0.1) is 0 Å². The van der Waals surface area contributed by atoms with E-state index in [-0.39, 0.29) is 11.9 Å². The molecule has 0 N–H and O–H groups in total. The van der Waals surface area contributed by atoms with Crippen molar-refractivity contribution in [2.24, 2.45) is 0 Å². The van der Waals surface area contributed by atoms with Crippen molar-refractivity contribution in [1.29, 1.82) is 0 Å². The number of aryl methyl sites for hydroxylation is 1. The third kappa shape index (κ3) is 3.50. The van der Waals surface area contributed by atoms with E-state index in [4.69, 9.17) is 11.6 Å². The van der Waals surface area contributed by atoms with Crippen molar-refractivity contribution in [2.75, 3.05) is 6.54 Å². The molecule has 3 aromatic rings. The van der Waals surface area contributed by atoms with Crippen molar-refractivity contribution in [3.05, 3.63) is 106 Å². The summed E-state index contributed by atoms with van der Waals surface area (Å²) in [6, 6.07) is 24.1.